The van der Waals surface area contributed by atoms with Crippen molar-refractivity contribution in [3.05, 3.63) is 113 Å². The highest BCUT2D eigenvalue weighted by Gasteiger charge is 2.37. The third kappa shape index (κ3) is 8.03. The number of nitrogens with zero attached hydrogens (tertiary/aromatic N) is 2. The number of nitrogens with one attached hydrogen (secondary N) is 3. The Morgan fingerprint density at radius 2 is 1.83 bits per heavy atom. The van der Waals surface area contributed by atoms with Crippen LogP contribution in [0.15, 0.2) is 96.0 Å². The van der Waals surface area contributed by atoms with Crippen LogP contribution in [-0.4, -0.2) is 61.9 Å². The smallest absolute Gasteiger partial charge is 0.247 e. The number of methoxy groups -OCH3 is 1. The van der Waals surface area contributed by atoms with Crippen LogP contribution in [0.4, 0.5) is 15.8 Å². The van der Waals surface area contributed by atoms with Crippen molar-refractivity contribution in [1.82, 2.24) is 14.6 Å². The molecule has 0 bridgehead atoms. The maximum absolute atomic E-state index is 15.4. The highest BCUT2D eigenvalue weighted by molar-refractivity contribution is 7.89. The second-order valence-corrected chi connectivity index (χ2v) is 13.5. The number of carbonyl (C=O) groups excluding carboxylic acids is 1. The summed E-state index contributed by atoms with van der Waals surface area (Å²) in [5.41, 5.74) is 2.11. The van der Waals surface area contributed by atoms with Gasteiger partial charge in [-0.1, -0.05) is 48.0 Å². The molecule has 1 saturated heterocycles. The first-order valence-corrected chi connectivity index (χ1v) is 16.9. The van der Waals surface area contributed by atoms with E-state index in [9.17, 15) is 13.2 Å². The number of ether oxygens (including phenoxy) is 1. The molecule has 0 aliphatic carbocycles. The zero-order chi connectivity index (χ0) is 32.7. The van der Waals surface area contributed by atoms with Gasteiger partial charge in [0.15, 0.2) is 0 Å². The van der Waals surface area contributed by atoms with E-state index in [0.717, 1.165) is 5.56 Å². The fraction of sp³-hybridized carbons (Fsp3) is 0.294. The van der Waals surface area contributed by atoms with Gasteiger partial charge in [0.25, 0.3) is 0 Å². The highest BCUT2D eigenvalue weighted by Crippen LogP contribution is 2.28. The Labute approximate surface area is 274 Å². The Bertz CT molecular complexity index is 1730. The summed E-state index contributed by atoms with van der Waals surface area (Å²) < 4.78 is 49.4. The predicted octanol–water partition coefficient (Wildman–Crippen LogP) is 5.53. The van der Waals surface area contributed by atoms with Gasteiger partial charge in [-0.3, -0.25) is 4.79 Å². The van der Waals surface area contributed by atoms with Gasteiger partial charge >= 0.3 is 0 Å². The monoisotopic (exact) mass is 665 g/mol. The van der Waals surface area contributed by atoms with Gasteiger partial charge in [-0.2, -0.15) is 4.31 Å². The second-order valence-electron chi connectivity index (χ2n) is 11.2. The molecule has 5 rings (SSSR count). The lowest BCUT2D eigenvalue weighted by atomic mass is 10.00. The molecule has 3 aromatic carbocycles. The van der Waals surface area contributed by atoms with Gasteiger partial charge < -0.3 is 20.7 Å². The molecule has 0 spiro atoms. The number of carbonyl (C=O) groups is 1. The standard InChI is InChI=1S/C34H37ClFN5O4S/c1-23-20-37-22-27(41(23)46(43,44)28-7-4-3-5-8-28)16-17-29-30(36)9-6-10-31(29)40-34(42)32(19-24-11-13-25(35)14-12-24)39-26-15-18-33(45-2)38-21-26/h3-15,18,21,23,27,32,37,39H,16-17,19-20,22H2,1-2H3,(H,40,42)/t23-,27+,32+/m1/s1. The number of piperazine rings is 1. The van der Waals surface area contributed by atoms with Crippen LogP contribution in [0.2, 0.25) is 5.02 Å². The fourth-order valence-corrected chi connectivity index (χ4v) is 7.68. The van der Waals surface area contributed by atoms with E-state index >= 15 is 4.39 Å². The van der Waals surface area contributed by atoms with Crippen molar-refractivity contribution in [2.24, 2.45) is 0 Å². The molecule has 1 aromatic heterocycles. The Morgan fingerprint density at radius 3 is 2.52 bits per heavy atom. The topological polar surface area (TPSA) is 113 Å². The minimum absolute atomic E-state index is 0.208. The van der Waals surface area contributed by atoms with E-state index in [2.05, 4.69) is 20.9 Å². The second kappa shape index (κ2) is 15.0. The first-order chi connectivity index (χ1) is 22.2. The van der Waals surface area contributed by atoms with E-state index in [1.807, 2.05) is 19.1 Å². The van der Waals surface area contributed by atoms with E-state index < -0.39 is 27.9 Å². The summed E-state index contributed by atoms with van der Waals surface area (Å²) >= 11 is 6.08. The van der Waals surface area contributed by atoms with E-state index in [0.29, 0.717) is 53.8 Å². The first kappa shape index (κ1) is 33.3. The van der Waals surface area contributed by atoms with Crippen LogP contribution in [-0.2, 0) is 27.7 Å². The van der Waals surface area contributed by atoms with E-state index in [4.69, 9.17) is 16.3 Å². The van der Waals surface area contributed by atoms with E-state index in [1.165, 1.54) is 17.5 Å². The number of rotatable bonds is 12. The molecule has 4 aromatic rings. The molecule has 9 nitrogen and oxygen atoms in total. The third-order valence-corrected chi connectivity index (χ3v) is 10.3. The van der Waals surface area contributed by atoms with Crippen molar-refractivity contribution in [3.63, 3.8) is 0 Å². The molecule has 0 radical (unpaired) electrons. The lowest BCUT2D eigenvalue weighted by molar-refractivity contribution is -0.116. The summed E-state index contributed by atoms with van der Waals surface area (Å²) in [4.78, 5) is 18.2. The number of amides is 1. The van der Waals surface area contributed by atoms with Crippen LogP contribution in [0.25, 0.3) is 0 Å². The summed E-state index contributed by atoms with van der Waals surface area (Å²) in [6.07, 6.45) is 2.44. The summed E-state index contributed by atoms with van der Waals surface area (Å²) in [6.45, 7) is 2.80. The van der Waals surface area contributed by atoms with Gasteiger partial charge in [0.1, 0.15) is 11.9 Å². The molecule has 0 saturated carbocycles. The molecule has 1 aliphatic rings. The molecule has 46 heavy (non-hydrogen) atoms. The van der Waals surface area contributed by atoms with Gasteiger partial charge in [0, 0.05) is 53.9 Å². The van der Waals surface area contributed by atoms with Crippen molar-refractivity contribution in [1.29, 1.82) is 0 Å². The summed E-state index contributed by atoms with van der Waals surface area (Å²) in [7, 11) is -2.26. The van der Waals surface area contributed by atoms with Crippen LogP contribution in [0, 0.1) is 5.82 Å². The number of aromatic nitrogens is 1. The van der Waals surface area contributed by atoms with Gasteiger partial charge in [-0.05, 0) is 67.8 Å². The van der Waals surface area contributed by atoms with Crippen molar-refractivity contribution in [2.75, 3.05) is 30.8 Å². The Balaban J connectivity index is 1.36. The lowest BCUT2D eigenvalue weighted by Gasteiger charge is -2.40. The fourth-order valence-electron chi connectivity index (χ4n) is 5.69. The Morgan fingerprint density at radius 1 is 1.07 bits per heavy atom. The number of benzene rings is 3. The SMILES string of the molecule is COc1ccc(N[C@@H](Cc2ccc(Cl)cc2)C(=O)Nc2cccc(F)c2CC[C@H]2CNC[C@@H](C)N2S(=O)(=O)c2ccccc2)cn1. The number of halogens is 2. The molecule has 12 heteroatoms. The lowest BCUT2D eigenvalue weighted by Crippen LogP contribution is -2.58. The van der Waals surface area contributed by atoms with Gasteiger partial charge in [0.05, 0.1) is 23.9 Å². The Hall–Kier alpha value is -4.03. The number of hydrogen-bond donors (Lipinski definition) is 3. The molecule has 2 heterocycles. The third-order valence-electron chi connectivity index (χ3n) is 7.99. The summed E-state index contributed by atoms with van der Waals surface area (Å²) in [6, 6.07) is 22.1. The molecule has 3 N–H and O–H groups in total. The van der Waals surface area contributed by atoms with Gasteiger partial charge in [-0.25, -0.2) is 17.8 Å². The zero-order valence-electron chi connectivity index (χ0n) is 25.6. The van der Waals surface area contributed by atoms with Crippen molar-refractivity contribution in [3.8, 4) is 5.88 Å². The molecule has 1 aliphatic heterocycles. The van der Waals surface area contributed by atoms with Gasteiger partial charge in [0.2, 0.25) is 21.8 Å². The summed E-state index contributed by atoms with van der Waals surface area (Å²) in [5.74, 6) is -0.418. The number of pyridine rings is 1. The maximum atomic E-state index is 15.4. The Kier molecular flexibility index (Phi) is 10.9. The first-order valence-electron chi connectivity index (χ1n) is 15.0. The number of sulfonamides is 1. The van der Waals surface area contributed by atoms with Crippen LogP contribution in [0.1, 0.15) is 24.5 Å². The average molecular weight is 666 g/mol. The van der Waals surface area contributed by atoms with Crippen molar-refractivity contribution < 1.29 is 22.3 Å². The van der Waals surface area contributed by atoms with Crippen molar-refractivity contribution >= 4 is 38.9 Å². The highest BCUT2D eigenvalue weighted by atomic mass is 35.5. The van der Waals surface area contributed by atoms with Crippen LogP contribution >= 0.6 is 11.6 Å². The van der Waals surface area contributed by atoms with Crippen LogP contribution < -0.4 is 20.7 Å². The number of anilines is 2. The van der Waals surface area contributed by atoms with E-state index in [1.54, 1.807) is 72.9 Å². The molecule has 3 atom stereocenters. The molecule has 242 valence electrons. The molecular formula is C34H37ClFN5O4S. The molecular weight excluding hydrogens is 629 g/mol. The van der Waals surface area contributed by atoms with Crippen LogP contribution in [0.5, 0.6) is 5.88 Å². The predicted molar refractivity (Wildman–Crippen MR) is 178 cm³/mol. The quantitative estimate of drug-likeness (QED) is 0.183. The van der Waals surface area contributed by atoms with E-state index in [-0.39, 0.29) is 23.3 Å². The van der Waals surface area contributed by atoms with Crippen molar-refractivity contribution in [2.45, 2.75) is 49.2 Å². The molecule has 1 amide bonds. The maximum Gasteiger partial charge on any atom is 0.247 e. The average Bonchev–Trinajstić information content (AvgIpc) is 3.05. The van der Waals surface area contributed by atoms with Crippen LogP contribution in [0.3, 0.4) is 0 Å². The number of hydrogen-bond acceptors (Lipinski definition) is 7. The van der Waals surface area contributed by atoms with Gasteiger partial charge in [-0.15, -0.1) is 0 Å². The normalized spacial score (nSPS) is 17.7. The minimum Gasteiger partial charge on any atom is -0.481 e. The molecule has 0 unspecified atom stereocenters. The summed E-state index contributed by atoms with van der Waals surface area (Å²) in [5, 5.41) is 10.1. The largest absolute Gasteiger partial charge is 0.481 e. The minimum atomic E-state index is -3.78. The molecule has 1 fully saturated rings. The zero-order valence-corrected chi connectivity index (χ0v) is 27.2.